The standard InChI is InChI=1S/C36H40N2O5/c1-2-3-22-42-35(39)30-10-5-4-9-29(30)28-15-13-26(14-16-28)24-37-20-17-27(18-21-37)25-43-36(40)33-31-11-6-7-12-32(31)38-19-8-23-41-34(33)38/h4-7,9-16,27H,2-3,8,17-25H2,1H3. The highest BCUT2D eigenvalue weighted by Crippen LogP contribution is 2.35. The number of carbonyl (C=O) groups is 2. The van der Waals surface area contributed by atoms with Crippen LogP contribution in [0.5, 0.6) is 5.88 Å². The van der Waals surface area contributed by atoms with E-state index in [0.29, 0.717) is 42.7 Å². The van der Waals surface area contributed by atoms with Gasteiger partial charge in [0.25, 0.3) is 0 Å². The predicted octanol–water partition coefficient (Wildman–Crippen LogP) is 7.12. The zero-order chi connectivity index (χ0) is 29.6. The zero-order valence-corrected chi connectivity index (χ0v) is 24.9. The van der Waals surface area contributed by atoms with Gasteiger partial charge in [-0.1, -0.05) is 74.0 Å². The first-order valence-electron chi connectivity index (χ1n) is 15.6. The number of aromatic nitrogens is 1. The third-order valence-corrected chi connectivity index (χ3v) is 8.60. The van der Waals surface area contributed by atoms with E-state index in [9.17, 15) is 9.59 Å². The van der Waals surface area contributed by atoms with Crippen molar-refractivity contribution in [3.8, 4) is 17.0 Å². The number of esters is 2. The van der Waals surface area contributed by atoms with Gasteiger partial charge in [0, 0.05) is 18.5 Å². The van der Waals surface area contributed by atoms with Gasteiger partial charge in [0.1, 0.15) is 5.56 Å². The Hall–Kier alpha value is -4.10. The van der Waals surface area contributed by atoms with E-state index < -0.39 is 0 Å². The summed E-state index contributed by atoms with van der Waals surface area (Å²) < 4.78 is 19.4. The minimum atomic E-state index is -0.287. The fourth-order valence-corrected chi connectivity index (χ4v) is 6.17. The van der Waals surface area contributed by atoms with E-state index in [0.717, 1.165) is 80.3 Å². The van der Waals surface area contributed by atoms with Crippen LogP contribution in [0.4, 0.5) is 0 Å². The summed E-state index contributed by atoms with van der Waals surface area (Å²) >= 11 is 0. The molecule has 6 rings (SSSR count). The van der Waals surface area contributed by atoms with E-state index in [1.54, 1.807) is 0 Å². The molecule has 0 unspecified atom stereocenters. The molecule has 0 saturated carbocycles. The molecule has 1 aromatic heterocycles. The third kappa shape index (κ3) is 6.47. The summed E-state index contributed by atoms with van der Waals surface area (Å²) in [5.74, 6) is 0.442. The number of benzene rings is 3. The molecular formula is C36H40N2O5. The van der Waals surface area contributed by atoms with Crippen molar-refractivity contribution >= 4 is 22.8 Å². The Balaban J connectivity index is 1.01. The number of unbranched alkanes of at least 4 members (excludes halogenated alkanes) is 1. The van der Waals surface area contributed by atoms with Crippen LogP contribution in [-0.2, 0) is 22.6 Å². The molecule has 224 valence electrons. The Labute approximate surface area is 253 Å². The highest BCUT2D eigenvalue weighted by Gasteiger charge is 2.28. The van der Waals surface area contributed by atoms with Crippen molar-refractivity contribution in [1.82, 2.24) is 9.47 Å². The summed E-state index contributed by atoms with van der Waals surface area (Å²) in [5, 5.41) is 0.903. The second-order valence-corrected chi connectivity index (χ2v) is 11.6. The summed E-state index contributed by atoms with van der Waals surface area (Å²) in [6.45, 7) is 7.23. The number of nitrogens with zero attached hydrogens (tertiary/aromatic N) is 2. The predicted molar refractivity (Wildman–Crippen MR) is 167 cm³/mol. The highest BCUT2D eigenvalue weighted by atomic mass is 16.5. The first-order chi connectivity index (χ1) is 21.1. The van der Waals surface area contributed by atoms with Crippen LogP contribution in [-0.4, -0.2) is 54.3 Å². The number of aryl methyl sites for hydroxylation is 1. The van der Waals surface area contributed by atoms with E-state index in [1.165, 1.54) is 5.56 Å². The van der Waals surface area contributed by atoms with E-state index in [-0.39, 0.29) is 11.9 Å². The van der Waals surface area contributed by atoms with Crippen LogP contribution in [0.15, 0.2) is 72.8 Å². The quantitative estimate of drug-likeness (QED) is 0.147. The van der Waals surface area contributed by atoms with Gasteiger partial charge in [-0.25, -0.2) is 9.59 Å². The van der Waals surface area contributed by atoms with Crippen molar-refractivity contribution in [2.45, 2.75) is 52.1 Å². The van der Waals surface area contributed by atoms with Crippen LogP contribution in [0.25, 0.3) is 22.0 Å². The molecule has 4 aromatic rings. The van der Waals surface area contributed by atoms with Crippen LogP contribution >= 0.6 is 0 Å². The number of ether oxygens (including phenoxy) is 3. The van der Waals surface area contributed by atoms with E-state index in [4.69, 9.17) is 14.2 Å². The Kier molecular flexibility index (Phi) is 9.08. The molecule has 2 aliphatic rings. The first kappa shape index (κ1) is 29.0. The maximum atomic E-state index is 13.2. The fraction of sp³-hybridized carbons (Fsp3) is 0.389. The smallest absolute Gasteiger partial charge is 0.344 e. The number of para-hydroxylation sites is 1. The van der Waals surface area contributed by atoms with Crippen LogP contribution in [0.3, 0.4) is 0 Å². The molecule has 0 aliphatic carbocycles. The molecule has 0 radical (unpaired) electrons. The number of piperidine rings is 1. The molecule has 0 bridgehead atoms. The summed E-state index contributed by atoms with van der Waals surface area (Å²) in [7, 11) is 0. The molecule has 0 spiro atoms. The van der Waals surface area contributed by atoms with Gasteiger partial charge in [0.2, 0.25) is 5.88 Å². The molecule has 3 heterocycles. The second kappa shape index (κ2) is 13.5. The maximum absolute atomic E-state index is 13.2. The van der Waals surface area contributed by atoms with Gasteiger partial charge in [-0.05, 0) is 73.5 Å². The van der Waals surface area contributed by atoms with Crippen molar-refractivity contribution in [2.75, 3.05) is 32.9 Å². The molecule has 2 aliphatic heterocycles. The molecule has 0 N–H and O–H groups in total. The minimum Gasteiger partial charge on any atom is -0.478 e. The fourth-order valence-electron chi connectivity index (χ4n) is 6.17. The highest BCUT2D eigenvalue weighted by molar-refractivity contribution is 6.07. The number of hydrogen-bond donors (Lipinski definition) is 0. The van der Waals surface area contributed by atoms with Crippen molar-refractivity contribution in [1.29, 1.82) is 0 Å². The van der Waals surface area contributed by atoms with Crippen LogP contribution in [0.2, 0.25) is 0 Å². The topological polar surface area (TPSA) is 70.0 Å². The lowest BCUT2D eigenvalue weighted by Crippen LogP contribution is -2.35. The first-order valence-corrected chi connectivity index (χ1v) is 15.6. The van der Waals surface area contributed by atoms with Gasteiger partial charge in [-0.15, -0.1) is 0 Å². The molecule has 1 fully saturated rings. The van der Waals surface area contributed by atoms with Gasteiger partial charge >= 0.3 is 11.9 Å². The maximum Gasteiger partial charge on any atom is 0.344 e. The van der Waals surface area contributed by atoms with E-state index in [1.807, 2.05) is 48.5 Å². The Morgan fingerprint density at radius 2 is 1.65 bits per heavy atom. The summed E-state index contributed by atoms with van der Waals surface area (Å²) in [6, 6.07) is 24.1. The second-order valence-electron chi connectivity index (χ2n) is 11.6. The molecule has 0 atom stereocenters. The van der Waals surface area contributed by atoms with Gasteiger partial charge < -0.3 is 18.8 Å². The van der Waals surface area contributed by atoms with E-state index in [2.05, 4.69) is 40.7 Å². The van der Waals surface area contributed by atoms with Gasteiger partial charge in [0.05, 0.1) is 30.9 Å². The monoisotopic (exact) mass is 580 g/mol. The summed E-state index contributed by atoms with van der Waals surface area (Å²) in [6.07, 6.45) is 4.78. The van der Waals surface area contributed by atoms with Crippen LogP contribution in [0, 0.1) is 5.92 Å². The van der Waals surface area contributed by atoms with Crippen LogP contribution in [0.1, 0.15) is 65.3 Å². The molecular weight excluding hydrogens is 540 g/mol. The number of carbonyl (C=O) groups excluding carboxylic acids is 2. The lowest BCUT2D eigenvalue weighted by atomic mass is 9.96. The van der Waals surface area contributed by atoms with E-state index >= 15 is 0 Å². The SMILES string of the molecule is CCCCOC(=O)c1ccccc1-c1ccc(CN2CCC(COC(=O)c3c4n(c5ccccc35)CCCO4)CC2)cc1. The normalized spacial score (nSPS) is 15.6. The molecule has 3 aromatic carbocycles. The van der Waals surface area contributed by atoms with Gasteiger partial charge in [-0.2, -0.15) is 0 Å². The number of fused-ring (bicyclic) bond motifs is 3. The minimum absolute atomic E-state index is 0.267. The van der Waals surface area contributed by atoms with Crippen molar-refractivity contribution in [3.63, 3.8) is 0 Å². The molecule has 7 nitrogen and oxygen atoms in total. The lowest BCUT2D eigenvalue weighted by Gasteiger charge is -2.31. The van der Waals surface area contributed by atoms with Crippen molar-refractivity contribution in [3.05, 3.63) is 89.5 Å². The van der Waals surface area contributed by atoms with Gasteiger partial charge in [0.15, 0.2) is 0 Å². The number of rotatable bonds is 10. The Morgan fingerprint density at radius 1 is 0.884 bits per heavy atom. The molecule has 43 heavy (non-hydrogen) atoms. The average Bonchev–Trinajstić information content (AvgIpc) is 3.39. The molecule has 1 saturated heterocycles. The third-order valence-electron chi connectivity index (χ3n) is 8.60. The molecule has 7 heteroatoms. The number of hydrogen-bond acceptors (Lipinski definition) is 6. The largest absolute Gasteiger partial charge is 0.478 e. The number of likely N-dealkylation sites (tertiary alicyclic amines) is 1. The van der Waals surface area contributed by atoms with Gasteiger partial charge in [-0.3, -0.25) is 4.90 Å². The Morgan fingerprint density at radius 3 is 2.47 bits per heavy atom. The summed E-state index contributed by atoms with van der Waals surface area (Å²) in [4.78, 5) is 28.4. The zero-order valence-electron chi connectivity index (χ0n) is 24.9. The van der Waals surface area contributed by atoms with Crippen LogP contribution < -0.4 is 4.74 Å². The Bertz CT molecular complexity index is 1570. The van der Waals surface area contributed by atoms with Crippen molar-refractivity contribution < 1.29 is 23.8 Å². The lowest BCUT2D eigenvalue weighted by molar-refractivity contribution is 0.0364. The summed E-state index contributed by atoms with van der Waals surface area (Å²) in [5.41, 5.74) is 5.34. The van der Waals surface area contributed by atoms with Crippen molar-refractivity contribution in [2.24, 2.45) is 5.92 Å². The molecule has 0 amide bonds. The average molecular weight is 581 g/mol.